The number of fused-ring (bicyclic) bond motifs is 1. The van der Waals surface area contributed by atoms with Gasteiger partial charge in [-0.2, -0.15) is 5.10 Å². The zero-order chi connectivity index (χ0) is 22.8. The minimum absolute atomic E-state index is 0.0880. The molecule has 0 fully saturated rings. The SMILES string of the molecule is O=[N+]([O-])c1ccccc1N=c1scc(-c2ccco2)n1N=Cc1c(O)ccc2ccccc12. The molecule has 9 heteroatoms. The fourth-order valence-electron chi connectivity index (χ4n) is 3.43. The van der Waals surface area contributed by atoms with Crippen molar-refractivity contribution in [3.63, 3.8) is 0 Å². The van der Waals surface area contributed by atoms with E-state index in [1.807, 2.05) is 35.7 Å². The Hall–Kier alpha value is -4.50. The molecule has 0 bridgehead atoms. The van der Waals surface area contributed by atoms with Crippen LogP contribution in [0.15, 0.2) is 99.0 Å². The van der Waals surface area contributed by atoms with Gasteiger partial charge in [-0.05, 0) is 35.0 Å². The van der Waals surface area contributed by atoms with Gasteiger partial charge in [0.05, 0.1) is 17.4 Å². The number of rotatable bonds is 5. The molecule has 5 rings (SSSR count). The second-order valence-corrected chi connectivity index (χ2v) is 7.85. The number of benzene rings is 3. The molecule has 0 saturated carbocycles. The van der Waals surface area contributed by atoms with E-state index in [0.717, 1.165) is 10.8 Å². The topological polar surface area (TPSA) is 106 Å². The first-order valence-electron chi connectivity index (χ1n) is 9.89. The van der Waals surface area contributed by atoms with E-state index in [4.69, 9.17) is 4.42 Å². The Kier molecular flexibility index (Phi) is 5.29. The van der Waals surface area contributed by atoms with Crippen molar-refractivity contribution in [3.8, 4) is 17.2 Å². The van der Waals surface area contributed by atoms with E-state index in [-0.39, 0.29) is 17.1 Å². The first kappa shape index (κ1) is 20.4. The number of aromatic nitrogens is 1. The van der Waals surface area contributed by atoms with Gasteiger partial charge in [0.1, 0.15) is 17.1 Å². The number of thiazole rings is 1. The molecule has 0 amide bonds. The summed E-state index contributed by atoms with van der Waals surface area (Å²) in [5.41, 5.74) is 1.28. The van der Waals surface area contributed by atoms with Crippen LogP contribution < -0.4 is 4.80 Å². The summed E-state index contributed by atoms with van der Waals surface area (Å²) in [5, 5.41) is 30.1. The fourth-order valence-corrected chi connectivity index (χ4v) is 4.26. The molecule has 0 atom stereocenters. The molecule has 5 aromatic rings. The summed E-state index contributed by atoms with van der Waals surface area (Å²) in [6.45, 7) is 0. The number of para-hydroxylation sites is 2. The van der Waals surface area contributed by atoms with Crippen molar-refractivity contribution in [2.75, 3.05) is 0 Å². The van der Waals surface area contributed by atoms with Gasteiger partial charge in [0.2, 0.25) is 4.80 Å². The van der Waals surface area contributed by atoms with E-state index in [1.165, 1.54) is 17.4 Å². The molecule has 0 saturated heterocycles. The van der Waals surface area contributed by atoms with Crippen LogP contribution in [0.25, 0.3) is 22.2 Å². The first-order valence-corrected chi connectivity index (χ1v) is 10.8. The Morgan fingerprint density at radius 3 is 2.67 bits per heavy atom. The van der Waals surface area contributed by atoms with Gasteiger partial charge in [-0.3, -0.25) is 10.1 Å². The molecule has 0 spiro atoms. The van der Waals surface area contributed by atoms with E-state index in [1.54, 1.807) is 53.6 Å². The van der Waals surface area contributed by atoms with Crippen molar-refractivity contribution in [1.29, 1.82) is 0 Å². The Morgan fingerprint density at radius 1 is 1.03 bits per heavy atom. The third kappa shape index (κ3) is 3.92. The molecule has 8 nitrogen and oxygen atoms in total. The van der Waals surface area contributed by atoms with Gasteiger partial charge in [0.25, 0.3) is 5.69 Å². The molecule has 0 radical (unpaired) electrons. The van der Waals surface area contributed by atoms with E-state index in [2.05, 4.69) is 10.1 Å². The van der Waals surface area contributed by atoms with Crippen LogP contribution in [0.3, 0.4) is 0 Å². The summed E-state index contributed by atoms with van der Waals surface area (Å²) in [4.78, 5) is 15.9. The zero-order valence-electron chi connectivity index (χ0n) is 17.0. The first-order chi connectivity index (χ1) is 16.1. The van der Waals surface area contributed by atoms with Crippen molar-refractivity contribution in [2.45, 2.75) is 0 Å². The van der Waals surface area contributed by atoms with Crippen molar-refractivity contribution in [3.05, 3.63) is 105 Å². The Balaban J connectivity index is 1.70. The number of furan rings is 1. The van der Waals surface area contributed by atoms with E-state index < -0.39 is 4.92 Å². The third-order valence-corrected chi connectivity index (χ3v) is 5.82. The van der Waals surface area contributed by atoms with Crippen LogP contribution in [0.4, 0.5) is 11.4 Å². The maximum Gasteiger partial charge on any atom is 0.294 e. The number of nitrogens with zero attached hydrogens (tertiary/aromatic N) is 4. The molecule has 33 heavy (non-hydrogen) atoms. The highest BCUT2D eigenvalue weighted by Gasteiger charge is 2.14. The molecule has 0 unspecified atom stereocenters. The molecule has 2 heterocycles. The summed E-state index contributed by atoms with van der Waals surface area (Å²) in [6, 6.07) is 20.9. The van der Waals surface area contributed by atoms with Crippen LogP contribution in [0, 0.1) is 10.1 Å². The largest absolute Gasteiger partial charge is 0.507 e. The summed E-state index contributed by atoms with van der Waals surface area (Å²) >= 11 is 1.27. The smallest absolute Gasteiger partial charge is 0.294 e. The van der Waals surface area contributed by atoms with Gasteiger partial charge in [0.15, 0.2) is 5.76 Å². The third-order valence-electron chi connectivity index (χ3n) is 5.00. The van der Waals surface area contributed by atoms with E-state index in [9.17, 15) is 15.2 Å². The van der Waals surface area contributed by atoms with E-state index >= 15 is 0 Å². The van der Waals surface area contributed by atoms with Crippen LogP contribution in [0.2, 0.25) is 0 Å². The molecule has 3 aromatic carbocycles. The highest BCUT2D eigenvalue weighted by atomic mass is 32.1. The molecular weight excluding hydrogens is 440 g/mol. The number of phenolic OH excluding ortho intramolecular Hbond substituents is 1. The number of nitro groups is 1. The molecule has 0 aliphatic heterocycles. The Morgan fingerprint density at radius 2 is 1.85 bits per heavy atom. The highest BCUT2D eigenvalue weighted by Crippen LogP contribution is 2.28. The summed E-state index contributed by atoms with van der Waals surface area (Å²) in [5.74, 6) is 0.652. The normalized spacial score (nSPS) is 12.1. The van der Waals surface area contributed by atoms with Crippen LogP contribution in [-0.2, 0) is 0 Å². The number of aromatic hydroxyl groups is 1. The quantitative estimate of drug-likeness (QED) is 0.208. The Bertz CT molecular complexity index is 1570. The second-order valence-electron chi connectivity index (χ2n) is 7.01. The lowest BCUT2D eigenvalue weighted by molar-refractivity contribution is -0.384. The lowest BCUT2D eigenvalue weighted by Crippen LogP contribution is -2.11. The molecular formula is C24H16N4O4S. The fraction of sp³-hybridized carbons (Fsp3) is 0. The van der Waals surface area contributed by atoms with Crippen LogP contribution in [0.1, 0.15) is 5.56 Å². The predicted octanol–water partition coefficient (Wildman–Crippen LogP) is 5.69. The van der Waals surface area contributed by atoms with Gasteiger partial charge >= 0.3 is 0 Å². The molecule has 0 aliphatic rings. The monoisotopic (exact) mass is 456 g/mol. The summed E-state index contributed by atoms with van der Waals surface area (Å²) in [7, 11) is 0. The van der Waals surface area contributed by atoms with Crippen molar-refractivity contribution in [1.82, 2.24) is 4.68 Å². The van der Waals surface area contributed by atoms with Gasteiger partial charge in [-0.1, -0.05) is 42.5 Å². The van der Waals surface area contributed by atoms with Crippen LogP contribution in [0.5, 0.6) is 5.75 Å². The number of hydrogen-bond donors (Lipinski definition) is 1. The van der Waals surface area contributed by atoms with E-state index in [0.29, 0.717) is 21.8 Å². The molecule has 0 aliphatic carbocycles. The highest BCUT2D eigenvalue weighted by molar-refractivity contribution is 7.07. The molecule has 2 aromatic heterocycles. The van der Waals surface area contributed by atoms with Gasteiger partial charge in [0, 0.05) is 17.0 Å². The second kappa shape index (κ2) is 8.56. The summed E-state index contributed by atoms with van der Waals surface area (Å²) in [6.07, 6.45) is 3.10. The predicted molar refractivity (Wildman–Crippen MR) is 127 cm³/mol. The number of hydrogen-bond acceptors (Lipinski definition) is 7. The van der Waals surface area contributed by atoms with Gasteiger partial charge in [-0.25, -0.2) is 9.67 Å². The van der Waals surface area contributed by atoms with Gasteiger partial charge < -0.3 is 9.52 Å². The van der Waals surface area contributed by atoms with Gasteiger partial charge in [-0.15, -0.1) is 11.3 Å². The minimum Gasteiger partial charge on any atom is -0.507 e. The Labute approximate surface area is 191 Å². The lowest BCUT2D eigenvalue weighted by Gasteiger charge is -2.05. The summed E-state index contributed by atoms with van der Waals surface area (Å²) < 4.78 is 7.09. The van der Waals surface area contributed by atoms with Crippen LogP contribution >= 0.6 is 11.3 Å². The minimum atomic E-state index is -0.471. The average Bonchev–Trinajstić information content (AvgIpc) is 3.49. The van der Waals surface area contributed by atoms with Crippen molar-refractivity contribution >= 4 is 39.7 Å². The lowest BCUT2D eigenvalue weighted by atomic mass is 10.0. The van der Waals surface area contributed by atoms with Crippen molar-refractivity contribution < 1.29 is 14.4 Å². The average molecular weight is 456 g/mol. The van der Waals surface area contributed by atoms with Crippen LogP contribution in [-0.4, -0.2) is 20.9 Å². The van der Waals surface area contributed by atoms with Crippen molar-refractivity contribution in [2.24, 2.45) is 10.1 Å². The standard InChI is InChI=1S/C24H16N4O4S/c29-22-12-11-16-6-1-2-7-17(16)18(22)14-25-27-21(23-10-5-13-32-23)15-33-24(27)26-19-8-3-4-9-20(19)28(30)31/h1-15,29H. The number of phenols is 1. The maximum absolute atomic E-state index is 11.4. The molecule has 1 N–H and O–H groups in total. The maximum atomic E-state index is 11.4. The number of nitro benzene ring substituents is 1. The zero-order valence-corrected chi connectivity index (χ0v) is 17.8. The molecule has 162 valence electrons.